The quantitative estimate of drug-likeness (QED) is 0.432. The molecule has 0 bridgehead atoms. The third-order valence-electron chi connectivity index (χ3n) is 3.74. The third-order valence-corrected chi connectivity index (χ3v) is 4.06. The van der Waals surface area contributed by atoms with Crippen LogP contribution in [0.3, 0.4) is 0 Å². The highest BCUT2D eigenvalue weighted by Crippen LogP contribution is 2.35. The predicted molar refractivity (Wildman–Crippen MR) is 85.7 cm³/mol. The summed E-state index contributed by atoms with van der Waals surface area (Å²) < 4.78 is 16.3. The first-order chi connectivity index (χ1) is 10.3. The number of aromatic nitrogens is 1. The number of rotatable bonds is 1. The van der Waals surface area contributed by atoms with Gasteiger partial charge in [-0.05, 0) is 24.3 Å². The maximum absolute atomic E-state index is 14.4. The van der Waals surface area contributed by atoms with Gasteiger partial charge in [-0.2, -0.15) is 0 Å². The van der Waals surface area contributed by atoms with Crippen LogP contribution in [0.25, 0.3) is 27.5 Å². The second-order valence-corrected chi connectivity index (χ2v) is 5.35. The molecule has 0 saturated heterocycles. The zero-order chi connectivity index (χ0) is 14.4. The monoisotopic (exact) mass is 295 g/mol. The number of nitrogens with zero attached hydrogens (tertiary/aromatic N) is 1. The van der Waals surface area contributed by atoms with Gasteiger partial charge in [0.15, 0.2) is 0 Å². The van der Waals surface area contributed by atoms with Crippen LogP contribution in [0, 0.1) is 5.82 Å². The number of fused-ring (bicyclic) bond motifs is 3. The molecular formula is C18H11ClFN. The maximum atomic E-state index is 14.4. The predicted octanol–water partition coefficient (Wildman–Crippen LogP) is 5.58. The first-order valence-corrected chi connectivity index (χ1v) is 7.08. The maximum Gasteiger partial charge on any atom is 0.147 e. The Morgan fingerprint density at radius 1 is 0.762 bits per heavy atom. The summed E-state index contributed by atoms with van der Waals surface area (Å²) in [6.07, 6.45) is 0. The molecule has 0 radical (unpaired) electrons. The van der Waals surface area contributed by atoms with Crippen molar-refractivity contribution < 1.29 is 4.39 Å². The Morgan fingerprint density at radius 2 is 1.48 bits per heavy atom. The molecule has 102 valence electrons. The molecule has 0 atom stereocenters. The SMILES string of the molecule is Fc1cccc2c3ccccc3n(-c3ccccc3Cl)c12. The number of para-hydroxylation sites is 3. The van der Waals surface area contributed by atoms with E-state index in [0.717, 1.165) is 22.0 Å². The Kier molecular flexibility index (Phi) is 2.72. The Hall–Kier alpha value is -2.32. The minimum Gasteiger partial charge on any atom is -0.305 e. The van der Waals surface area contributed by atoms with Gasteiger partial charge in [0.1, 0.15) is 5.82 Å². The summed E-state index contributed by atoms with van der Waals surface area (Å²) in [5, 5.41) is 2.51. The molecule has 0 aliphatic carbocycles. The van der Waals surface area contributed by atoms with E-state index in [2.05, 4.69) is 0 Å². The number of hydrogen-bond acceptors (Lipinski definition) is 0. The van der Waals surface area contributed by atoms with Gasteiger partial charge in [-0.1, -0.05) is 54.1 Å². The van der Waals surface area contributed by atoms with Gasteiger partial charge in [0.05, 0.1) is 21.7 Å². The molecule has 0 aliphatic heterocycles. The molecule has 0 saturated carbocycles. The zero-order valence-electron chi connectivity index (χ0n) is 11.1. The van der Waals surface area contributed by atoms with Gasteiger partial charge in [-0.3, -0.25) is 0 Å². The number of benzene rings is 3. The molecule has 0 unspecified atom stereocenters. The summed E-state index contributed by atoms with van der Waals surface area (Å²) in [6.45, 7) is 0. The van der Waals surface area contributed by atoms with Gasteiger partial charge in [0, 0.05) is 10.8 Å². The van der Waals surface area contributed by atoms with Crippen molar-refractivity contribution in [1.29, 1.82) is 0 Å². The molecule has 0 amide bonds. The molecular weight excluding hydrogens is 285 g/mol. The van der Waals surface area contributed by atoms with Crippen LogP contribution in [0.2, 0.25) is 5.02 Å². The Labute approximate surface area is 126 Å². The lowest BCUT2D eigenvalue weighted by molar-refractivity contribution is 0.635. The third kappa shape index (κ3) is 1.76. The Morgan fingerprint density at radius 3 is 2.33 bits per heavy atom. The second-order valence-electron chi connectivity index (χ2n) is 4.94. The van der Waals surface area contributed by atoms with E-state index in [4.69, 9.17) is 11.6 Å². The van der Waals surface area contributed by atoms with Gasteiger partial charge in [0.25, 0.3) is 0 Å². The summed E-state index contributed by atoms with van der Waals surface area (Å²) in [5.41, 5.74) is 2.30. The van der Waals surface area contributed by atoms with E-state index in [9.17, 15) is 4.39 Å². The largest absolute Gasteiger partial charge is 0.305 e. The molecule has 4 aromatic rings. The fraction of sp³-hybridized carbons (Fsp3) is 0. The number of hydrogen-bond donors (Lipinski definition) is 0. The normalized spacial score (nSPS) is 11.3. The van der Waals surface area contributed by atoms with Crippen molar-refractivity contribution in [2.24, 2.45) is 0 Å². The zero-order valence-corrected chi connectivity index (χ0v) is 11.8. The van der Waals surface area contributed by atoms with Crippen molar-refractivity contribution in [3.8, 4) is 5.69 Å². The van der Waals surface area contributed by atoms with Crippen LogP contribution >= 0.6 is 11.6 Å². The molecule has 1 heterocycles. The van der Waals surface area contributed by atoms with Crippen LogP contribution in [-0.4, -0.2) is 4.57 Å². The highest BCUT2D eigenvalue weighted by molar-refractivity contribution is 6.32. The molecule has 0 fully saturated rings. The fourth-order valence-electron chi connectivity index (χ4n) is 2.86. The van der Waals surface area contributed by atoms with Crippen molar-refractivity contribution in [1.82, 2.24) is 4.57 Å². The second kappa shape index (κ2) is 4.61. The van der Waals surface area contributed by atoms with E-state index in [-0.39, 0.29) is 5.82 Å². The first-order valence-electron chi connectivity index (χ1n) is 6.70. The highest BCUT2D eigenvalue weighted by Gasteiger charge is 2.16. The number of halogens is 2. The highest BCUT2D eigenvalue weighted by atomic mass is 35.5. The average Bonchev–Trinajstić information content (AvgIpc) is 2.84. The van der Waals surface area contributed by atoms with Crippen LogP contribution in [0.1, 0.15) is 0 Å². The topological polar surface area (TPSA) is 4.93 Å². The molecule has 0 N–H and O–H groups in total. The van der Waals surface area contributed by atoms with Gasteiger partial charge < -0.3 is 4.57 Å². The van der Waals surface area contributed by atoms with Crippen LogP contribution in [0.15, 0.2) is 66.7 Å². The summed E-state index contributed by atoms with van der Waals surface area (Å²) in [7, 11) is 0. The lowest BCUT2D eigenvalue weighted by Gasteiger charge is -2.09. The molecule has 0 aliphatic rings. The molecule has 1 nitrogen and oxygen atoms in total. The molecule has 3 heteroatoms. The molecule has 1 aromatic heterocycles. The molecule has 0 spiro atoms. The van der Waals surface area contributed by atoms with Gasteiger partial charge >= 0.3 is 0 Å². The van der Waals surface area contributed by atoms with Crippen LogP contribution in [-0.2, 0) is 0 Å². The Bertz CT molecular complexity index is 971. The Balaban J connectivity index is 2.28. The molecule has 4 rings (SSSR count). The van der Waals surface area contributed by atoms with Crippen molar-refractivity contribution >= 4 is 33.4 Å². The van der Waals surface area contributed by atoms with Crippen molar-refractivity contribution in [3.05, 3.63) is 77.6 Å². The summed E-state index contributed by atoms with van der Waals surface area (Å²) >= 11 is 6.33. The van der Waals surface area contributed by atoms with Crippen LogP contribution in [0.5, 0.6) is 0 Å². The van der Waals surface area contributed by atoms with Crippen LogP contribution < -0.4 is 0 Å². The molecule has 3 aromatic carbocycles. The average molecular weight is 296 g/mol. The van der Waals surface area contributed by atoms with E-state index in [0.29, 0.717) is 10.5 Å². The van der Waals surface area contributed by atoms with Gasteiger partial charge in [-0.15, -0.1) is 0 Å². The van der Waals surface area contributed by atoms with E-state index in [1.807, 2.05) is 59.2 Å². The van der Waals surface area contributed by atoms with E-state index < -0.39 is 0 Å². The summed E-state index contributed by atoms with van der Waals surface area (Å²) in [5.74, 6) is -0.247. The van der Waals surface area contributed by atoms with Crippen molar-refractivity contribution in [2.75, 3.05) is 0 Å². The smallest absolute Gasteiger partial charge is 0.147 e. The van der Waals surface area contributed by atoms with E-state index in [1.165, 1.54) is 6.07 Å². The minimum atomic E-state index is -0.247. The van der Waals surface area contributed by atoms with E-state index in [1.54, 1.807) is 6.07 Å². The van der Waals surface area contributed by atoms with Crippen molar-refractivity contribution in [2.45, 2.75) is 0 Å². The molecule has 21 heavy (non-hydrogen) atoms. The summed E-state index contributed by atoms with van der Waals surface area (Å²) in [4.78, 5) is 0. The first kappa shape index (κ1) is 12.4. The van der Waals surface area contributed by atoms with Crippen LogP contribution in [0.4, 0.5) is 4.39 Å². The van der Waals surface area contributed by atoms with Crippen molar-refractivity contribution in [3.63, 3.8) is 0 Å². The van der Waals surface area contributed by atoms with Gasteiger partial charge in [0.2, 0.25) is 0 Å². The summed E-state index contributed by atoms with van der Waals surface area (Å²) in [6, 6.07) is 20.6. The fourth-order valence-corrected chi connectivity index (χ4v) is 3.08. The van der Waals surface area contributed by atoms with Gasteiger partial charge in [-0.25, -0.2) is 4.39 Å². The lowest BCUT2D eigenvalue weighted by atomic mass is 10.1. The standard InChI is InChI=1S/C18H11ClFN/c19-14-8-2-4-11-17(14)21-16-10-3-1-6-12(16)13-7-5-9-15(20)18(13)21/h1-11H. The van der Waals surface area contributed by atoms with E-state index >= 15 is 0 Å². The lowest BCUT2D eigenvalue weighted by Crippen LogP contribution is -1.96. The minimum absolute atomic E-state index is 0.247.